The Bertz CT molecular complexity index is 3330. The van der Waals surface area contributed by atoms with Gasteiger partial charge in [0.1, 0.15) is 11.0 Å². The highest BCUT2D eigenvalue weighted by molar-refractivity contribution is 7.92. The molecule has 4 aliphatic heterocycles. The van der Waals surface area contributed by atoms with Crippen LogP contribution in [0, 0.1) is 13.8 Å². The average molecular weight is 1140 g/mol. The summed E-state index contributed by atoms with van der Waals surface area (Å²) in [5, 5.41) is 25.2. The van der Waals surface area contributed by atoms with Crippen LogP contribution in [0.3, 0.4) is 0 Å². The molecule has 4 atom stereocenters. The van der Waals surface area contributed by atoms with Crippen molar-refractivity contribution in [1.82, 2.24) is 49.5 Å². The highest BCUT2D eigenvalue weighted by Crippen LogP contribution is 2.36. The van der Waals surface area contributed by atoms with Crippen LogP contribution in [0.25, 0.3) is 11.3 Å². The second-order valence-corrected chi connectivity index (χ2v) is 24.6. The molecule has 0 saturated carbocycles. The number of piperidine rings is 2. The van der Waals surface area contributed by atoms with Crippen LogP contribution in [-0.2, 0) is 20.0 Å². The Kier molecular flexibility index (Phi) is 18.1. The second-order valence-electron chi connectivity index (χ2n) is 19.9. The van der Waals surface area contributed by atoms with Gasteiger partial charge in [0, 0.05) is 54.9 Å². The Balaban J connectivity index is 0.000000174. The van der Waals surface area contributed by atoms with E-state index >= 15 is 0 Å². The number of aromatic nitrogens is 6. The van der Waals surface area contributed by atoms with Gasteiger partial charge >= 0.3 is 7.05 Å². The maximum absolute atomic E-state index is 13.7. The highest BCUT2D eigenvalue weighted by atomic mass is 35.5. The number of likely N-dealkylation sites (tertiary alicyclic amines) is 2. The van der Waals surface area contributed by atoms with Gasteiger partial charge in [-0.2, -0.15) is 5.10 Å². The number of hydrogen-bond acceptors (Lipinski definition) is 15. The zero-order chi connectivity index (χ0) is 54.6. The first kappa shape index (κ1) is 56.9. The zero-order valence-electron chi connectivity index (χ0n) is 43.0. The lowest BCUT2D eigenvalue weighted by atomic mass is 9.87. The Labute approximate surface area is 458 Å². The third-order valence-electron chi connectivity index (χ3n) is 13.5. The molecule has 2 aromatic carbocycles. The maximum atomic E-state index is 13.7. The van der Waals surface area contributed by atoms with Gasteiger partial charge in [0.25, 0.3) is 11.8 Å². The van der Waals surface area contributed by atoms with Gasteiger partial charge in [-0.05, 0) is 138 Å². The Morgan fingerprint density at radius 1 is 0.724 bits per heavy atom. The van der Waals surface area contributed by atoms with Gasteiger partial charge in [-0.3, -0.25) is 19.0 Å². The van der Waals surface area contributed by atoms with E-state index in [1.807, 2.05) is 26.1 Å². The summed E-state index contributed by atoms with van der Waals surface area (Å²) in [6.07, 6.45) is 12.9. The monoisotopic (exact) mass is 1140 g/mol. The summed E-state index contributed by atoms with van der Waals surface area (Å²) in [6, 6.07) is 13.0. The number of nitrogens with zero attached hydrogens (tertiary/aromatic N) is 9. The van der Waals surface area contributed by atoms with Crippen LogP contribution in [0.2, 0.25) is 22.0 Å². The number of fused-ring (bicyclic) bond motifs is 2. The number of hydrogen-bond donors (Lipinski definition) is 6. The second kappa shape index (κ2) is 24.2. The van der Waals surface area contributed by atoms with Gasteiger partial charge in [0.15, 0.2) is 11.3 Å². The van der Waals surface area contributed by atoms with Crippen molar-refractivity contribution in [2.24, 2.45) is 5.73 Å². The summed E-state index contributed by atoms with van der Waals surface area (Å²) in [6.45, 7) is 10.4. The first-order chi connectivity index (χ1) is 36.0. The SMILES string of the molecule is CB(O)N[C@H]1CCNC1.Cc1cc(Cl)nn2cc([C@@H]3CCCCN3C(=O)c3cc(Cl)ccc3NS(C)(=O)=O)nc12.Cc1cc(N2CC[C@H](N)C2)nn2cc([C@@H]3CCCCN3C(=O)c3cc(Cl)ccc3NS(C)(=O)=O)nc12. The van der Waals surface area contributed by atoms with Crippen LogP contribution in [0.15, 0.2) is 60.9 Å². The molecule has 0 unspecified atom stereocenters. The van der Waals surface area contributed by atoms with E-state index in [1.165, 1.54) is 24.3 Å². The molecular weight excluding hydrogens is 1080 g/mol. The van der Waals surface area contributed by atoms with Crippen LogP contribution < -0.4 is 30.6 Å². The third-order valence-corrected chi connectivity index (χ3v) is 15.4. The number of imidazole rings is 2. The number of amides is 2. The minimum atomic E-state index is -3.58. The quantitative estimate of drug-likeness (QED) is 0.0801. The van der Waals surface area contributed by atoms with Gasteiger partial charge in [-0.1, -0.05) is 34.8 Å². The van der Waals surface area contributed by atoms with E-state index in [0.717, 1.165) is 118 Å². The molecule has 6 aromatic rings. The largest absolute Gasteiger partial charge is 0.437 e. The minimum absolute atomic E-state index is 0.150. The summed E-state index contributed by atoms with van der Waals surface area (Å²) < 4.78 is 55.6. The van der Waals surface area contributed by atoms with Gasteiger partial charge in [-0.15, -0.1) is 5.10 Å². The van der Waals surface area contributed by atoms with Crippen molar-refractivity contribution < 1.29 is 31.4 Å². The Hall–Kier alpha value is -5.31. The first-order valence-electron chi connectivity index (χ1n) is 25.2. The van der Waals surface area contributed by atoms with E-state index in [9.17, 15) is 26.4 Å². The molecule has 2 amide bonds. The standard InChI is InChI=1S/C24H30ClN7O3S.C20H21Cl2N5O3S.C5H13BN2O/c1-15-11-22(30-10-8-17(26)13-30)28-32-14-20(27-23(15)32)21-5-3-4-9-31(21)24(33)18-12-16(25)6-7-19(18)29-36(2,34)35;1-12-9-18(22)24-27-11-16(23-19(12)27)17-5-3-4-8-26(17)20(28)14-10-13(21)6-7-15(14)25-31(2,29)30;1-6(9)8-5-2-3-7-4-5/h6-7,11-12,14,17,21,29H,3-5,8-10,13,26H2,1-2H3;6-7,9-11,17,25H,3-5,8H2,1-2H3;5,7-9H,2-4H2,1H3/t17-,21-;17-;5-/m000/s1. The molecule has 27 heteroatoms. The van der Waals surface area contributed by atoms with Crippen LogP contribution >= 0.6 is 34.8 Å². The van der Waals surface area contributed by atoms with Gasteiger partial charge < -0.3 is 36.0 Å². The average Bonchev–Trinajstić information content (AvgIpc) is 4.22. The lowest BCUT2D eigenvalue weighted by Gasteiger charge is -2.35. The van der Waals surface area contributed by atoms with E-state index in [2.05, 4.69) is 30.0 Å². The molecule has 0 radical (unpaired) electrons. The lowest BCUT2D eigenvalue weighted by molar-refractivity contribution is 0.0601. The van der Waals surface area contributed by atoms with Gasteiger partial charge in [-0.25, -0.2) is 35.8 Å². The number of halogens is 3. The smallest absolute Gasteiger partial charge is 0.373 e. The molecule has 4 aliphatic rings. The van der Waals surface area contributed by atoms with Crippen LogP contribution in [-0.4, -0.2) is 144 Å². The van der Waals surface area contributed by atoms with Crippen LogP contribution in [0.1, 0.15) is 107 Å². The molecule has 21 nitrogen and oxygen atoms in total. The third kappa shape index (κ3) is 14.2. The van der Waals surface area contributed by atoms with E-state index in [0.29, 0.717) is 45.7 Å². The van der Waals surface area contributed by atoms with Crippen molar-refractivity contribution in [2.75, 3.05) is 66.1 Å². The number of nitrogens with two attached hydrogens (primary N) is 1. The molecule has 4 saturated heterocycles. The van der Waals surface area contributed by atoms with Crippen molar-refractivity contribution in [3.63, 3.8) is 0 Å². The zero-order valence-corrected chi connectivity index (χ0v) is 46.9. The fraction of sp³-hybridized carbons (Fsp3) is 0.469. The van der Waals surface area contributed by atoms with Crippen LogP contribution in [0.4, 0.5) is 17.2 Å². The van der Waals surface area contributed by atoms with Crippen molar-refractivity contribution >= 4 is 102 Å². The number of benzene rings is 2. The summed E-state index contributed by atoms with van der Waals surface area (Å²) in [7, 11) is -7.51. The Morgan fingerprint density at radius 3 is 1.70 bits per heavy atom. The molecule has 10 rings (SSSR count). The first-order valence-corrected chi connectivity index (χ1v) is 30.1. The predicted octanol–water partition coefficient (Wildman–Crippen LogP) is 6.10. The highest BCUT2D eigenvalue weighted by Gasteiger charge is 2.34. The van der Waals surface area contributed by atoms with E-state index in [1.54, 1.807) is 50.0 Å². The summed E-state index contributed by atoms with van der Waals surface area (Å²) >= 11 is 18.4. The summed E-state index contributed by atoms with van der Waals surface area (Å²) in [5.41, 5.74) is 11.7. The van der Waals surface area contributed by atoms with E-state index in [-0.39, 0.29) is 59.5 Å². The van der Waals surface area contributed by atoms with Crippen molar-refractivity contribution in [1.29, 1.82) is 0 Å². The predicted molar refractivity (Wildman–Crippen MR) is 299 cm³/mol. The van der Waals surface area contributed by atoms with Crippen molar-refractivity contribution in [3.05, 3.63) is 110 Å². The topological polar surface area (TPSA) is 267 Å². The summed E-state index contributed by atoms with van der Waals surface area (Å²) in [4.78, 5) is 42.5. The number of sulfonamides is 2. The van der Waals surface area contributed by atoms with E-state index < -0.39 is 20.0 Å². The van der Waals surface area contributed by atoms with Crippen molar-refractivity contribution in [2.45, 2.75) is 96.2 Å². The number of nitrogens with one attached hydrogen (secondary N) is 4. The number of aryl methyl sites for hydroxylation is 2. The molecular formula is C49H64BCl3N14O7S2. The normalized spacial score (nSPS) is 20.0. The molecule has 0 spiro atoms. The number of carbonyl (C=O) groups is 2. The fourth-order valence-corrected chi connectivity index (χ4v) is 11.8. The molecule has 7 N–H and O–H groups in total. The minimum Gasteiger partial charge on any atom is -0.437 e. The molecule has 0 aliphatic carbocycles. The number of rotatable bonds is 11. The molecule has 4 fully saturated rings. The lowest BCUT2D eigenvalue weighted by Crippen LogP contribution is -2.40. The van der Waals surface area contributed by atoms with Gasteiger partial charge in [0.05, 0.1) is 70.9 Å². The maximum Gasteiger partial charge on any atom is 0.373 e. The molecule has 8 heterocycles. The molecule has 4 aromatic heterocycles. The molecule has 76 heavy (non-hydrogen) atoms. The van der Waals surface area contributed by atoms with E-state index in [4.69, 9.17) is 60.6 Å². The Morgan fingerprint density at radius 2 is 1.24 bits per heavy atom. The number of carbonyl (C=O) groups excluding carboxylic acids is 2. The fourth-order valence-electron chi connectivity index (χ4n) is 10.1. The molecule has 0 bridgehead atoms. The van der Waals surface area contributed by atoms with Crippen LogP contribution in [0.5, 0.6) is 0 Å². The van der Waals surface area contributed by atoms with Crippen molar-refractivity contribution in [3.8, 4) is 0 Å². The summed E-state index contributed by atoms with van der Waals surface area (Å²) in [5.74, 6) is 0.267. The molecule has 408 valence electrons. The number of anilines is 3. The van der Waals surface area contributed by atoms with Gasteiger partial charge in [0.2, 0.25) is 20.0 Å².